The van der Waals surface area contributed by atoms with Gasteiger partial charge in [-0.25, -0.2) is 9.37 Å². The van der Waals surface area contributed by atoms with Gasteiger partial charge in [0.1, 0.15) is 10.8 Å². The van der Waals surface area contributed by atoms with Crippen molar-refractivity contribution >= 4 is 39.1 Å². The lowest BCUT2D eigenvalue weighted by Crippen LogP contribution is -2.30. The molecule has 0 aliphatic rings. The van der Waals surface area contributed by atoms with Crippen LogP contribution in [-0.2, 0) is 0 Å². The van der Waals surface area contributed by atoms with Crippen molar-refractivity contribution in [2.75, 3.05) is 7.05 Å². The van der Waals surface area contributed by atoms with Gasteiger partial charge in [0.2, 0.25) is 0 Å². The largest absolute Gasteiger partial charge is 0.332 e. The van der Waals surface area contributed by atoms with E-state index < -0.39 is 11.7 Å². The van der Waals surface area contributed by atoms with Crippen LogP contribution < -0.4 is 0 Å². The van der Waals surface area contributed by atoms with Gasteiger partial charge in [0.25, 0.3) is 5.91 Å². The molecule has 0 radical (unpaired) electrons. The van der Waals surface area contributed by atoms with Crippen LogP contribution >= 0.6 is 22.9 Å². The Morgan fingerprint density at radius 1 is 1.30 bits per heavy atom. The number of fused-ring (bicyclic) bond motifs is 1. The maximum Gasteiger partial charge on any atom is 0.257 e. The quantitative estimate of drug-likeness (QED) is 0.673. The van der Waals surface area contributed by atoms with Gasteiger partial charge in [-0.1, -0.05) is 23.7 Å². The first-order valence-electron chi connectivity index (χ1n) is 7.05. The first kappa shape index (κ1) is 15.9. The maximum atomic E-state index is 13.9. The van der Waals surface area contributed by atoms with E-state index in [4.69, 9.17) is 11.6 Å². The second-order valence-corrected chi connectivity index (χ2v) is 6.73. The molecule has 23 heavy (non-hydrogen) atoms. The summed E-state index contributed by atoms with van der Waals surface area (Å²) in [5.74, 6) is -1.02. The molecule has 1 amide bonds. The molecule has 118 valence electrons. The van der Waals surface area contributed by atoms with E-state index >= 15 is 0 Å². The summed E-state index contributed by atoms with van der Waals surface area (Å²) in [5.41, 5.74) is 0.905. The van der Waals surface area contributed by atoms with E-state index in [0.29, 0.717) is 0 Å². The highest BCUT2D eigenvalue weighted by atomic mass is 35.5. The van der Waals surface area contributed by atoms with E-state index in [1.54, 1.807) is 7.05 Å². The van der Waals surface area contributed by atoms with Crippen LogP contribution in [0.15, 0.2) is 42.5 Å². The Kier molecular flexibility index (Phi) is 4.33. The molecule has 0 unspecified atom stereocenters. The average molecular weight is 349 g/mol. The third-order valence-corrected chi connectivity index (χ3v) is 5.17. The van der Waals surface area contributed by atoms with Gasteiger partial charge in [-0.05, 0) is 37.3 Å². The fourth-order valence-corrected chi connectivity index (χ4v) is 3.48. The first-order chi connectivity index (χ1) is 11.0. The normalized spacial score (nSPS) is 12.3. The zero-order valence-electron chi connectivity index (χ0n) is 12.6. The Balaban J connectivity index is 1.89. The number of para-hydroxylation sites is 1. The molecule has 3 nitrogen and oxygen atoms in total. The summed E-state index contributed by atoms with van der Waals surface area (Å²) in [6, 6.07) is 11.6. The van der Waals surface area contributed by atoms with Crippen molar-refractivity contribution < 1.29 is 9.18 Å². The number of rotatable bonds is 3. The van der Waals surface area contributed by atoms with E-state index in [2.05, 4.69) is 4.98 Å². The lowest BCUT2D eigenvalue weighted by atomic mass is 10.1. The molecule has 0 N–H and O–H groups in total. The number of hydrogen-bond acceptors (Lipinski definition) is 3. The molecule has 0 saturated heterocycles. The topological polar surface area (TPSA) is 33.2 Å². The predicted molar refractivity (Wildman–Crippen MR) is 91.5 cm³/mol. The minimum absolute atomic E-state index is 0.00450. The number of halogens is 2. The van der Waals surface area contributed by atoms with Crippen LogP contribution in [0.25, 0.3) is 10.2 Å². The molecular weight excluding hydrogens is 335 g/mol. The number of thiazole rings is 1. The summed E-state index contributed by atoms with van der Waals surface area (Å²) in [4.78, 5) is 18.6. The Hall–Kier alpha value is -1.98. The molecule has 1 heterocycles. The molecule has 3 rings (SSSR count). The van der Waals surface area contributed by atoms with E-state index in [0.717, 1.165) is 21.3 Å². The lowest BCUT2D eigenvalue weighted by Gasteiger charge is -2.23. The number of carbonyl (C=O) groups is 1. The molecule has 1 aromatic heterocycles. The number of benzene rings is 2. The molecule has 0 aliphatic carbocycles. The van der Waals surface area contributed by atoms with Gasteiger partial charge in [-0.15, -0.1) is 11.3 Å². The summed E-state index contributed by atoms with van der Waals surface area (Å²) in [6.07, 6.45) is 0. The summed E-state index contributed by atoms with van der Waals surface area (Å²) in [6.45, 7) is 1.88. The highest BCUT2D eigenvalue weighted by Gasteiger charge is 2.23. The van der Waals surface area contributed by atoms with Crippen molar-refractivity contribution in [1.82, 2.24) is 9.88 Å². The zero-order chi connectivity index (χ0) is 16.6. The highest BCUT2D eigenvalue weighted by molar-refractivity contribution is 7.18. The fourth-order valence-electron chi connectivity index (χ4n) is 2.26. The Bertz CT molecular complexity index is 847. The van der Waals surface area contributed by atoms with Gasteiger partial charge >= 0.3 is 0 Å². The van der Waals surface area contributed by atoms with Crippen molar-refractivity contribution in [3.63, 3.8) is 0 Å². The third kappa shape index (κ3) is 3.07. The standard InChI is InChI=1S/C17H14ClFN2OS/c1-10(16-20-14-5-3-4-6-15(14)23-16)21(2)17(22)12-8-7-11(18)9-13(12)19/h3-10H,1-2H3/t10-/m0/s1. The number of carbonyl (C=O) groups excluding carboxylic acids is 1. The highest BCUT2D eigenvalue weighted by Crippen LogP contribution is 2.29. The van der Waals surface area contributed by atoms with Crippen LogP contribution in [-0.4, -0.2) is 22.8 Å². The van der Waals surface area contributed by atoms with Crippen molar-refractivity contribution in [1.29, 1.82) is 0 Å². The second kappa shape index (κ2) is 6.26. The number of amides is 1. The lowest BCUT2D eigenvalue weighted by molar-refractivity contribution is 0.0738. The van der Waals surface area contributed by atoms with Crippen LogP contribution in [0.1, 0.15) is 28.3 Å². The average Bonchev–Trinajstić information content (AvgIpc) is 2.97. The Morgan fingerprint density at radius 2 is 2.04 bits per heavy atom. The van der Waals surface area contributed by atoms with Gasteiger partial charge in [0, 0.05) is 12.1 Å². The van der Waals surface area contributed by atoms with Crippen LogP contribution in [0.4, 0.5) is 4.39 Å². The number of hydrogen-bond donors (Lipinski definition) is 0. The minimum atomic E-state index is -0.620. The van der Waals surface area contributed by atoms with Gasteiger partial charge in [-0.3, -0.25) is 4.79 Å². The molecule has 0 aliphatic heterocycles. The molecular formula is C17H14ClFN2OS. The molecule has 0 bridgehead atoms. The van der Waals surface area contributed by atoms with Crippen molar-refractivity contribution in [3.05, 3.63) is 63.9 Å². The zero-order valence-corrected chi connectivity index (χ0v) is 14.2. The summed E-state index contributed by atoms with van der Waals surface area (Å²) < 4.78 is 15.0. The van der Waals surface area contributed by atoms with E-state index in [1.807, 2.05) is 31.2 Å². The van der Waals surface area contributed by atoms with Gasteiger partial charge in [0.05, 0.1) is 21.8 Å². The molecule has 0 fully saturated rings. The van der Waals surface area contributed by atoms with Crippen molar-refractivity contribution in [2.45, 2.75) is 13.0 Å². The Labute approximate surface area is 142 Å². The molecule has 1 atom stereocenters. The smallest absolute Gasteiger partial charge is 0.257 e. The minimum Gasteiger partial charge on any atom is -0.332 e. The number of aromatic nitrogens is 1. The van der Waals surface area contributed by atoms with Crippen LogP contribution in [0.2, 0.25) is 5.02 Å². The first-order valence-corrected chi connectivity index (χ1v) is 8.24. The summed E-state index contributed by atoms with van der Waals surface area (Å²) in [5, 5.41) is 1.08. The molecule has 0 saturated carbocycles. The summed E-state index contributed by atoms with van der Waals surface area (Å²) in [7, 11) is 1.65. The van der Waals surface area contributed by atoms with Crippen LogP contribution in [0.5, 0.6) is 0 Å². The van der Waals surface area contributed by atoms with Gasteiger partial charge in [-0.2, -0.15) is 0 Å². The van der Waals surface area contributed by atoms with Crippen molar-refractivity contribution in [2.24, 2.45) is 0 Å². The van der Waals surface area contributed by atoms with Gasteiger partial charge < -0.3 is 4.90 Å². The fraction of sp³-hybridized carbons (Fsp3) is 0.176. The Morgan fingerprint density at radius 3 is 2.74 bits per heavy atom. The predicted octanol–water partition coefficient (Wildman–Crippen LogP) is 4.92. The van der Waals surface area contributed by atoms with Gasteiger partial charge in [0.15, 0.2) is 0 Å². The molecule has 6 heteroatoms. The van der Waals surface area contributed by atoms with Crippen molar-refractivity contribution in [3.8, 4) is 0 Å². The molecule has 2 aromatic carbocycles. The number of nitrogens with zero attached hydrogens (tertiary/aromatic N) is 2. The monoisotopic (exact) mass is 348 g/mol. The van der Waals surface area contributed by atoms with E-state index in [-0.39, 0.29) is 16.6 Å². The SMILES string of the molecule is C[C@@H](c1nc2ccccc2s1)N(C)C(=O)c1ccc(Cl)cc1F. The molecule has 3 aromatic rings. The maximum absolute atomic E-state index is 13.9. The second-order valence-electron chi connectivity index (χ2n) is 5.24. The molecule has 0 spiro atoms. The van der Waals surface area contributed by atoms with E-state index in [9.17, 15) is 9.18 Å². The van der Waals surface area contributed by atoms with Crippen LogP contribution in [0.3, 0.4) is 0 Å². The summed E-state index contributed by atoms with van der Waals surface area (Å²) >= 11 is 7.26. The third-order valence-electron chi connectivity index (χ3n) is 3.73. The van der Waals surface area contributed by atoms with Crippen LogP contribution in [0, 0.1) is 5.82 Å². The van der Waals surface area contributed by atoms with E-state index in [1.165, 1.54) is 28.4 Å².